The highest BCUT2D eigenvalue weighted by Gasteiger charge is 2.22. The number of hydrogen-bond acceptors (Lipinski definition) is 4. The summed E-state index contributed by atoms with van der Waals surface area (Å²) in [5, 5.41) is 10.3. The summed E-state index contributed by atoms with van der Waals surface area (Å²) in [5.41, 5.74) is 0.732. The molecule has 0 bridgehead atoms. The molecule has 2 rings (SSSR count). The van der Waals surface area contributed by atoms with Crippen LogP contribution in [0.25, 0.3) is 0 Å². The standard InChI is InChI=1S/C18H28FN3O2/c1-3-22(4-2)18(24)14-21-11-9-20(10-12-21)13-17(23)15-5-7-16(19)8-6-15/h5-8,17,23H,3-4,9-14H2,1-2H3. The fraction of sp³-hybridized carbons (Fsp3) is 0.611. The lowest BCUT2D eigenvalue weighted by molar-refractivity contribution is -0.132. The van der Waals surface area contributed by atoms with E-state index in [1.54, 1.807) is 12.1 Å². The Morgan fingerprint density at radius 3 is 2.21 bits per heavy atom. The van der Waals surface area contributed by atoms with Crippen molar-refractivity contribution in [1.82, 2.24) is 14.7 Å². The number of halogens is 1. The molecule has 1 atom stereocenters. The van der Waals surface area contributed by atoms with Crippen molar-refractivity contribution >= 4 is 5.91 Å². The van der Waals surface area contributed by atoms with Gasteiger partial charge < -0.3 is 10.0 Å². The van der Waals surface area contributed by atoms with Crippen LogP contribution in [0.3, 0.4) is 0 Å². The molecule has 1 aromatic carbocycles. The topological polar surface area (TPSA) is 47.0 Å². The Bertz CT molecular complexity index is 512. The van der Waals surface area contributed by atoms with Crippen LogP contribution in [0.15, 0.2) is 24.3 Å². The van der Waals surface area contributed by atoms with E-state index in [4.69, 9.17) is 0 Å². The maximum atomic E-state index is 12.9. The summed E-state index contributed by atoms with van der Waals surface area (Å²) in [5.74, 6) is -0.114. The van der Waals surface area contributed by atoms with Gasteiger partial charge in [0.2, 0.25) is 5.91 Å². The first-order valence-electron chi connectivity index (χ1n) is 8.69. The van der Waals surface area contributed by atoms with Gasteiger partial charge in [-0.2, -0.15) is 0 Å². The molecule has 6 heteroatoms. The molecule has 1 amide bonds. The molecule has 0 aliphatic carbocycles. The smallest absolute Gasteiger partial charge is 0.236 e. The number of amides is 1. The van der Waals surface area contributed by atoms with E-state index in [0.29, 0.717) is 13.1 Å². The number of carbonyl (C=O) groups is 1. The van der Waals surface area contributed by atoms with Crippen LogP contribution in [0.4, 0.5) is 4.39 Å². The number of likely N-dealkylation sites (N-methyl/N-ethyl adjacent to an activating group) is 1. The first kappa shape index (κ1) is 18.8. The molecule has 1 unspecified atom stereocenters. The van der Waals surface area contributed by atoms with E-state index in [0.717, 1.165) is 44.8 Å². The van der Waals surface area contributed by atoms with Gasteiger partial charge in [0.25, 0.3) is 0 Å². The van der Waals surface area contributed by atoms with Crippen LogP contribution < -0.4 is 0 Å². The maximum absolute atomic E-state index is 12.9. The van der Waals surface area contributed by atoms with Crippen LogP contribution in [0.1, 0.15) is 25.5 Å². The minimum atomic E-state index is -0.616. The molecule has 1 aliphatic rings. The molecule has 0 aromatic heterocycles. The molecule has 1 heterocycles. The highest BCUT2D eigenvalue weighted by atomic mass is 19.1. The number of benzene rings is 1. The normalized spacial score (nSPS) is 17.7. The molecule has 0 radical (unpaired) electrons. The van der Waals surface area contributed by atoms with E-state index >= 15 is 0 Å². The SMILES string of the molecule is CCN(CC)C(=O)CN1CCN(CC(O)c2ccc(F)cc2)CC1. The van der Waals surface area contributed by atoms with Crippen molar-refractivity contribution in [1.29, 1.82) is 0 Å². The van der Waals surface area contributed by atoms with E-state index in [-0.39, 0.29) is 11.7 Å². The highest BCUT2D eigenvalue weighted by molar-refractivity contribution is 5.78. The van der Waals surface area contributed by atoms with Crippen molar-refractivity contribution in [2.24, 2.45) is 0 Å². The predicted molar refractivity (Wildman–Crippen MR) is 92.2 cm³/mol. The molecule has 1 aromatic rings. The number of β-amino-alcohol motifs (C(OH)–C–C–N with tert-alkyl or cyclic N) is 1. The van der Waals surface area contributed by atoms with Crippen LogP contribution >= 0.6 is 0 Å². The van der Waals surface area contributed by atoms with Crippen LogP contribution in [-0.2, 0) is 4.79 Å². The fourth-order valence-corrected chi connectivity index (χ4v) is 3.03. The lowest BCUT2D eigenvalue weighted by atomic mass is 10.1. The van der Waals surface area contributed by atoms with Crippen molar-refractivity contribution in [3.63, 3.8) is 0 Å². The number of nitrogens with zero attached hydrogens (tertiary/aromatic N) is 3. The minimum absolute atomic E-state index is 0.180. The van der Waals surface area contributed by atoms with E-state index in [1.165, 1.54) is 12.1 Å². The monoisotopic (exact) mass is 337 g/mol. The Morgan fingerprint density at radius 2 is 1.67 bits per heavy atom. The second-order valence-corrected chi connectivity index (χ2v) is 6.21. The predicted octanol–water partition coefficient (Wildman–Crippen LogP) is 1.35. The number of piperazine rings is 1. The molecule has 0 saturated carbocycles. The van der Waals surface area contributed by atoms with Gasteiger partial charge in [-0.1, -0.05) is 12.1 Å². The zero-order chi connectivity index (χ0) is 17.5. The molecule has 1 N–H and O–H groups in total. The van der Waals surface area contributed by atoms with Crippen LogP contribution in [0, 0.1) is 5.82 Å². The van der Waals surface area contributed by atoms with Gasteiger partial charge in [-0.15, -0.1) is 0 Å². The molecule has 134 valence electrons. The summed E-state index contributed by atoms with van der Waals surface area (Å²) in [4.78, 5) is 18.4. The zero-order valence-corrected chi connectivity index (χ0v) is 14.6. The van der Waals surface area contributed by atoms with Crippen LogP contribution in [-0.4, -0.2) is 78.1 Å². The van der Waals surface area contributed by atoms with Crippen LogP contribution in [0.2, 0.25) is 0 Å². The molecule has 5 nitrogen and oxygen atoms in total. The van der Waals surface area contributed by atoms with Crippen molar-refractivity contribution in [2.45, 2.75) is 20.0 Å². The van der Waals surface area contributed by atoms with Crippen molar-refractivity contribution in [2.75, 3.05) is 52.4 Å². The summed E-state index contributed by atoms with van der Waals surface area (Å²) < 4.78 is 12.9. The molecule has 1 saturated heterocycles. The molecular weight excluding hydrogens is 309 g/mol. The second-order valence-electron chi connectivity index (χ2n) is 6.21. The lowest BCUT2D eigenvalue weighted by Crippen LogP contribution is -2.50. The lowest BCUT2D eigenvalue weighted by Gasteiger charge is -2.36. The third kappa shape index (κ3) is 5.26. The summed E-state index contributed by atoms with van der Waals surface area (Å²) in [6.45, 7) is 9.78. The maximum Gasteiger partial charge on any atom is 0.236 e. The number of aliphatic hydroxyl groups excluding tert-OH is 1. The van der Waals surface area contributed by atoms with Gasteiger partial charge in [0.05, 0.1) is 12.6 Å². The Morgan fingerprint density at radius 1 is 1.12 bits per heavy atom. The Kier molecular flexibility index (Phi) is 7.15. The van der Waals surface area contributed by atoms with Gasteiger partial charge in [0, 0.05) is 45.8 Å². The average molecular weight is 337 g/mol. The van der Waals surface area contributed by atoms with Crippen molar-refractivity contribution in [3.8, 4) is 0 Å². The van der Waals surface area contributed by atoms with Gasteiger partial charge >= 0.3 is 0 Å². The quantitative estimate of drug-likeness (QED) is 0.816. The Balaban J connectivity index is 1.76. The third-order valence-electron chi connectivity index (χ3n) is 4.63. The summed E-state index contributed by atoms with van der Waals surface area (Å²) in [7, 11) is 0. The number of rotatable bonds is 7. The summed E-state index contributed by atoms with van der Waals surface area (Å²) in [6.07, 6.45) is -0.616. The van der Waals surface area contributed by atoms with Crippen molar-refractivity contribution < 1.29 is 14.3 Å². The van der Waals surface area contributed by atoms with Gasteiger partial charge in [0.15, 0.2) is 0 Å². The van der Waals surface area contributed by atoms with Crippen molar-refractivity contribution in [3.05, 3.63) is 35.6 Å². The van der Waals surface area contributed by atoms with E-state index < -0.39 is 6.10 Å². The molecule has 1 aliphatic heterocycles. The zero-order valence-electron chi connectivity index (χ0n) is 14.6. The Labute approximate surface area is 143 Å². The summed E-state index contributed by atoms with van der Waals surface area (Å²) >= 11 is 0. The minimum Gasteiger partial charge on any atom is -0.387 e. The molecule has 1 fully saturated rings. The number of carbonyl (C=O) groups excluding carboxylic acids is 1. The van der Waals surface area contributed by atoms with Gasteiger partial charge in [-0.25, -0.2) is 4.39 Å². The first-order valence-corrected chi connectivity index (χ1v) is 8.69. The number of hydrogen-bond donors (Lipinski definition) is 1. The van der Waals surface area contributed by atoms with Gasteiger partial charge in [-0.05, 0) is 31.5 Å². The fourth-order valence-electron chi connectivity index (χ4n) is 3.03. The third-order valence-corrected chi connectivity index (χ3v) is 4.63. The van der Waals surface area contributed by atoms with Gasteiger partial charge in [-0.3, -0.25) is 14.6 Å². The molecule has 0 spiro atoms. The molecule has 24 heavy (non-hydrogen) atoms. The van der Waals surface area contributed by atoms with E-state index in [9.17, 15) is 14.3 Å². The van der Waals surface area contributed by atoms with Crippen LogP contribution in [0.5, 0.6) is 0 Å². The van der Waals surface area contributed by atoms with E-state index in [2.05, 4.69) is 9.80 Å². The van der Waals surface area contributed by atoms with Gasteiger partial charge in [0.1, 0.15) is 5.82 Å². The average Bonchev–Trinajstić information content (AvgIpc) is 2.58. The second kappa shape index (κ2) is 9.11. The number of aliphatic hydroxyl groups is 1. The highest BCUT2D eigenvalue weighted by Crippen LogP contribution is 2.16. The Hall–Kier alpha value is -1.50. The summed E-state index contributed by atoms with van der Waals surface area (Å²) in [6, 6.07) is 5.99. The van der Waals surface area contributed by atoms with E-state index in [1.807, 2.05) is 18.7 Å². The molecular formula is C18H28FN3O2. The first-order chi connectivity index (χ1) is 11.5. The largest absolute Gasteiger partial charge is 0.387 e.